The van der Waals surface area contributed by atoms with Crippen LogP contribution in [0.15, 0.2) is 79.3 Å². The molecule has 0 unspecified atom stereocenters. The van der Waals surface area contributed by atoms with Gasteiger partial charge in [-0.1, -0.05) is 42.5 Å². The Morgan fingerprint density at radius 1 is 0.917 bits per heavy atom. The van der Waals surface area contributed by atoms with Crippen molar-refractivity contribution in [1.82, 2.24) is 9.55 Å². The number of nitriles is 1. The van der Waals surface area contributed by atoms with Crippen molar-refractivity contribution in [2.24, 2.45) is 0 Å². The van der Waals surface area contributed by atoms with E-state index in [-0.39, 0.29) is 5.78 Å². The number of rotatable bonds is 9. The second-order valence-electron chi connectivity index (χ2n) is 9.25. The molecule has 0 N–H and O–H groups in total. The number of carbonyl (C=O) groups excluding carboxylic acids is 1. The quantitative estimate of drug-likeness (QED) is 0.310. The number of carbonyl (C=O) groups is 1. The van der Waals surface area contributed by atoms with Gasteiger partial charge in [-0.2, -0.15) is 5.26 Å². The maximum Gasteiger partial charge on any atom is 0.163 e. The van der Waals surface area contributed by atoms with E-state index >= 15 is 0 Å². The van der Waals surface area contributed by atoms with Gasteiger partial charge in [-0.25, -0.2) is 4.98 Å². The van der Waals surface area contributed by atoms with Crippen molar-refractivity contribution in [2.45, 2.75) is 45.1 Å². The molecule has 1 aliphatic rings. The number of aromatic nitrogens is 2. The highest BCUT2D eigenvalue weighted by atomic mass is 16.5. The highest BCUT2D eigenvalue weighted by Crippen LogP contribution is 2.32. The second kappa shape index (κ2) is 11.0. The van der Waals surface area contributed by atoms with Crippen LogP contribution in [-0.2, 0) is 32.2 Å². The van der Waals surface area contributed by atoms with Crippen molar-refractivity contribution < 1.29 is 9.53 Å². The Morgan fingerprint density at radius 3 is 2.56 bits per heavy atom. The molecule has 36 heavy (non-hydrogen) atoms. The van der Waals surface area contributed by atoms with Crippen LogP contribution >= 0.6 is 0 Å². The Bertz CT molecular complexity index is 1380. The molecule has 0 saturated heterocycles. The van der Waals surface area contributed by atoms with Crippen molar-refractivity contribution in [1.29, 1.82) is 5.26 Å². The van der Waals surface area contributed by atoms with E-state index in [4.69, 9.17) is 10.00 Å². The van der Waals surface area contributed by atoms with Gasteiger partial charge in [0.15, 0.2) is 5.78 Å². The number of aryl methyl sites for hydroxylation is 1. The van der Waals surface area contributed by atoms with Gasteiger partial charge in [0.1, 0.15) is 5.75 Å². The maximum atomic E-state index is 12.5. The lowest BCUT2D eigenvalue weighted by atomic mass is 9.85. The number of Topliss-reactive ketones (excluding diaryl/α,β-unsaturated/α-hetero) is 1. The number of ketones is 1. The number of benzene rings is 3. The molecule has 1 heterocycles. The standard InChI is InChI=1S/C31H29N3O2/c32-19-24-9-11-25(12-10-24)21-34-22-33-20-26(34)17-18-36-31-16-15-28-27(7-4-8-30(28)35)29(31)14-13-23-5-2-1-3-6-23/h1-3,5-6,9-12,15-16,20,22H,4,7-8,13-14,17-18,21H2. The molecule has 0 fully saturated rings. The van der Waals surface area contributed by atoms with E-state index in [2.05, 4.69) is 39.9 Å². The summed E-state index contributed by atoms with van der Waals surface area (Å²) in [6.07, 6.45) is 8.69. The minimum atomic E-state index is 0.246. The zero-order valence-corrected chi connectivity index (χ0v) is 20.3. The monoisotopic (exact) mass is 475 g/mol. The zero-order valence-electron chi connectivity index (χ0n) is 20.3. The molecule has 3 aromatic carbocycles. The van der Waals surface area contributed by atoms with Gasteiger partial charge in [0.05, 0.1) is 24.6 Å². The van der Waals surface area contributed by atoms with Gasteiger partial charge in [-0.3, -0.25) is 4.79 Å². The van der Waals surface area contributed by atoms with Crippen molar-refractivity contribution in [3.8, 4) is 11.8 Å². The zero-order chi connectivity index (χ0) is 24.7. The molecule has 0 atom stereocenters. The molecular weight excluding hydrogens is 446 g/mol. The minimum Gasteiger partial charge on any atom is -0.493 e. The van der Waals surface area contributed by atoms with E-state index in [9.17, 15) is 4.79 Å². The van der Waals surface area contributed by atoms with Gasteiger partial charge in [-0.15, -0.1) is 0 Å². The van der Waals surface area contributed by atoms with Crippen molar-refractivity contribution in [3.63, 3.8) is 0 Å². The molecule has 1 aliphatic carbocycles. The van der Waals surface area contributed by atoms with Crippen LogP contribution in [0, 0.1) is 11.3 Å². The highest BCUT2D eigenvalue weighted by molar-refractivity contribution is 5.99. The molecule has 5 rings (SSSR count). The van der Waals surface area contributed by atoms with Crippen LogP contribution in [0.2, 0.25) is 0 Å². The molecule has 180 valence electrons. The SMILES string of the molecule is N#Cc1ccc(Cn2cncc2CCOc2ccc3c(c2CCc2ccccc2)CCCC3=O)cc1. The predicted molar refractivity (Wildman–Crippen MR) is 139 cm³/mol. The third-order valence-corrected chi connectivity index (χ3v) is 6.88. The van der Waals surface area contributed by atoms with Crippen molar-refractivity contribution in [3.05, 3.63) is 118 Å². The summed E-state index contributed by atoms with van der Waals surface area (Å²) in [7, 11) is 0. The number of hydrogen-bond donors (Lipinski definition) is 0. The summed E-state index contributed by atoms with van der Waals surface area (Å²) in [5.41, 5.74) is 7.39. The third kappa shape index (κ3) is 5.39. The molecule has 4 aromatic rings. The minimum absolute atomic E-state index is 0.246. The Hall–Kier alpha value is -4.17. The first-order valence-corrected chi connectivity index (χ1v) is 12.5. The van der Waals surface area contributed by atoms with Crippen molar-refractivity contribution in [2.75, 3.05) is 6.61 Å². The summed E-state index contributed by atoms with van der Waals surface area (Å²) in [4.78, 5) is 16.9. The van der Waals surface area contributed by atoms with Crippen LogP contribution in [0.25, 0.3) is 0 Å². The van der Waals surface area contributed by atoms with E-state index in [0.29, 0.717) is 25.1 Å². The van der Waals surface area contributed by atoms with Crippen LogP contribution in [0.4, 0.5) is 0 Å². The fourth-order valence-electron chi connectivity index (χ4n) is 4.95. The van der Waals surface area contributed by atoms with E-state index in [1.807, 2.05) is 55.0 Å². The molecular formula is C31H29N3O2. The smallest absolute Gasteiger partial charge is 0.163 e. The van der Waals surface area contributed by atoms with Crippen LogP contribution in [0.3, 0.4) is 0 Å². The van der Waals surface area contributed by atoms with Gasteiger partial charge < -0.3 is 9.30 Å². The average Bonchev–Trinajstić information content (AvgIpc) is 3.35. The molecule has 0 bridgehead atoms. The topological polar surface area (TPSA) is 67.9 Å². The number of hydrogen-bond acceptors (Lipinski definition) is 4. The highest BCUT2D eigenvalue weighted by Gasteiger charge is 2.22. The largest absolute Gasteiger partial charge is 0.493 e. The first-order valence-electron chi connectivity index (χ1n) is 12.5. The number of nitrogens with zero attached hydrogens (tertiary/aromatic N) is 3. The maximum absolute atomic E-state index is 12.5. The first kappa shape index (κ1) is 23.6. The normalized spacial score (nSPS) is 12.7. The van der Waals surface area contributed by atoms with E-state index in [1.54, 1.807) is 0 Å². The summed E-state index contributed by atoms with van der Waals surface area (Å²) in [6.45, 7) is 1.23. The van der Waals surface area contributed by atoms with Gasteiger partial charge in [0, 0.05) is 36.8 Å². The molecule has 1 aromatic heterocycles. The lowest BCUT2D eigenvalue weighted by molar-refractivity contribution is 0.0972. The Balaban J connectivity index is 1.29. The number of ether oxygens (including phenoxy) is 1. The second-order valence-corrected chi connectivity index (χ2v) is 9.25. The van der Waals surface area contributed by atoms with E-state index < -0.39 is 0 Å². The summed E-state index contributed by atoms with van der Waals surface area (Å²) in [5.74, 6) is 1.13. The fraction of sp³-hybridized carbons (Fsp3) is 0.258. The van der Waals surface area contributed by atoms with Crippen molar-refractivity contribution >= 4 is 5.78 Å². The molecule has 5 heteroatoms. The molecule has 0 amide bonds. The summed E-state index contributed by atoms with van der Waals surface area (Å²) in [5, 5.41) is 9.01. The Morgan fingerprint density at radius 2 is 1.75 bits per heavy atom. The van der Waals surface area contributed by atoms with E-state index in [1.165, 1.54) is 16.7 Å². The first-order chi connectivity index (χ1) is 17.7. The Labute approximate surface area is 212 Å². The summed E-state index contributed by atoms with van der Waals surface area (Å²) in [6, 6.07) is 24.2. The lowest BCUT2D eigenvalue weighted by Gasteiger charge is -2.22. The number of imidazole rings is 1. The summed E-state index contributed by atoms with van der Waals surface area (Å²) >= 11 is 0. The van der Waals surface area contributed by atoms with Crippen LogP contribution in [-0.4, -0.2) is 21.9 Å². The third-order valence-electron chi connectivity index (χ3n) is 6.88. The Kier molecular flexibility index (Phi) is 7.23. The average molecular weight is 476 g/mol. The van der Waals surface area contributed by atoms with Crippen LogP contribution < -0.4 is 4.74 Å². The van der Waals surface area contributed by atoms with Gasteiger partial charge in [-0.05, 0) is 72.2 Å². The summed E-state index contributed by atoms with van der Waals surface area (Å²) < 4.78 is 8.46. The molecule has 5 nitrogen and oxygen atoms in total. The van der Waals surface area contributed by atoms with Gasteiger partial charge >= 0.3 is 0 Å². The fourth-order valence-corrected chi connectivity index (χ4v) is 4.95. The molecule has 0 radical (unpaired) electrons. The number of fused-ring (bicyclic) bond motifs is 1. The van der Waals surface area contributed by atoms with Crippen LogP contribution in [0.5, 0.6) is 5.75 Å². The van der Waals surface area contributed by atoms with Gasteiger partial charge in [0.2, 0.25) is 0 Å². The van der Waals surface area contributed by atoms with E-state index in [0.717, 1.165) is 54.7 Å². The lowest BCUT2D eigenvalue weighted by Crippen LogP contribution is -2.15. The molecule has 0 spiro atoms. The van der Waals surface area contributed by atoms with Crippen LogP contribution in [0.1, 0.15) is 56.7 Å². The molecule has 0 saturated carbocycles. The molecule has 0 aliphatic heterocycles. The van der Waals surface area contributed by atoms with Gasteiger partial charge in [0.25, 0.3) is 0 Å². The predicted octanol–water partition coefficient (Wildman–Crippen LogP) is 5.73.